The minimum atomic E-state index is 0.602. The van der Waals surface area contributed by atoms with Crippen molar-refractivity contribution in [1.29, 1.82) is 0 Å². The van der Waals surface area contributed by atoms with E-state index in [1.54, 1.807) is 12.4 Å². The molecular formula is C4H3N5. The lowest BCUT2D eigenvalue weighted by molar-refractivity contribution is 0.884. The molecule has 0 radical (unpaired) electrons. The fourth-order valence-electron chi connectivity index (χ4n) is 0.623. The number of nitrogens with one attached hydrogen (secondary N) is 1. The summed E-state index contributed by atoms with van der Waals surface area (Å²) in [5, 5.41) is 17.9. The minimum Gasteiger partial charge on any atom is -0.283 e. The Morgan fingerprint density at radius 3 is 3.33 bits per heavy atom. The van der Waals surface area contributed by atoms with E-state index in [2.05, 4.69) is 25.6 Å². The molecule has 2 aromatic rings. The van der Waals surface area contributed by atoms with Gasteiger partial charge in [-0.15, -0.1) is 10.2 Å². The van der Waals surface area contributed by atoms with E-state index in [4.69, 9.17) is 0 Å². The van der Waals surface area contributed by atoms with E-state index in [1.807, 2.05) is 0 Å². The highest BCUT2D eigenvalue weighted by atomic mass is 15.3. The molecule has 0 aliphatic heterocycles. The predicted octanol–water partition coefficient (Wildman–Crippen LogP) is -0.252. The highest BCUT2D eigenvalue weighted by Gasteiger charge is 1.92. The van der Waals surface area contributed by atoms with Gasteiger partial charge in [-0.2, -0.15) is 5.10 Å². The molecule has 0 aliphatic carbocycles. The van der Waals surface area contributed by atoms with Crippen LogP contribution in [-0.4, -0.2) is 25.6 Å². The average Bonchev–Trinajstić information content (AvgIpc) is 2.33. The fourth-order valence-corrected chi connectivity index (χ4v) is 0.623. The van der Waals surface area contributed by atoms with E-state index in [9.17, 15) is 0 Å². The van der Waals surface area contributed by atoms with E-state index in [0.717, 1.165) is 5.39 Å². The highest BCUT2D eigenvalue weighted by molar-refractivity contribution is 5.71. The zero-order valence-corrected chi connectivity index (χ0v) is 4.44. The van der Waals surface area contributed by atoms with Crippen LogP contribution in [0.15, 0.2) is 12.4 Å². The van der Waals surface area contributed by atoms with E-state index < -0.39 is 0 Å². The standard InChI is InChI=1S/C4H3N5/c1-3-2-6-9-8-4(3)7-5-1/h1-2H,(H,5,6,7,8). The van der Waals surface area contributed by atoms with Crippen molar-refractivity contribution in [1.82, 2.24) is 25.6 Å². The molecule has 0 aliphatic rings. The highest BCUT2D eigenvalue weighted by Crippen LogP contribution is 1.99. The van der Waals surface area contributed by atoms with Crippen LogP contribution in [0.2, 0.25) is 0 Å². The Morgan fingerprint density at radius 1 is 1.44 bits per heavy atom. The maximum atomic E-state index is 3.78. The van der Waals surface area contributed by atoms with Gasteiger partial charge < -0.3 is 0 Å². The maximum absolute atomic E-state index is 3.78. The van der Waals surface area contributed by atoms with Crippen LogP contribution >= 0.6 is 0 Å². The summed E-state index contributed by atoms with van der Waals surface area (Å²) in [6, 6.07) is 0. The monoisotopic (exact) mass is 121 g/mol. The van der Waals surface area contributed by atoms with Crippen LogP contribution in [-0.2, 0) is 0 Å². The first-order chi connectivity index (χ1) is 4.47. The van der Waals surface area contributed by atoms with Gasteiger partial charge in [0.15, 0.2) is 0 Å². The largest absolute Gasteiger partial charge is 0.283 e. The van der Waals surface area contributed by atoms with Crippen LogP contribution in [0.1, 0.15) is 0 Å². The summed E-state index contributed by atoms with van der Waals surface area (Å²) in [4.78, 5) is 0. The van der Waals surface area contributed by atoms with Gasteiger partial charge in [0.2, 0.25) is 5.65 Å². The molecule has 0 bridgehead atoms. The second-order valence-corrected chi connectivity index (χ2v) is 1.60. The van der Waals surface area contributed by atoms with Crippen LogP contribution in [0.5, 0.6) is 0 Å². The first-order valence-electron chi connectivity index (χ1n) is 2.45. The van der Waals surface area contributed by atoms with Crippen LogP contribution < -0.4 is 0 Å². The predicted molar refractivity (Wildman–Crippen MR) is 29.5 cm³/mol. The topological polar surface area (TPSA) is 67.3 Å². The third-order valence-electron chi connectivity index (χ3n) is 1.04. The number of hydrogen-bond donors (Lipinski definition) is 1. The van der Waals surface area contributed by atoms with E-state index in [0.29, 0.717) is 5.65 Å². The molecule has 0 fully saturated rings. The van der Waals surface area contributed by atoms with E-state index in [1.165, 1.54) is 0 Å². The van der Waals surface area contributed by atoms with Crippen LogP contribution in [0.3, 0.4) is 0 Å². The molecule has 44 valence electrons. The normalized spacial score (nSPS) is 10.2. The summed E-state index contributed by atoms with van der Waals surface area (Å²) in [6.45, 7) is 0. The summed E-state index contributed by atoms with van der Waals surface area (Å²) >= 11 is 0. The number of aromatic amines is 1. The number of H-pyrrole nitrogens is 1. The molecular weight excluding hydrogens is 118 g/mol. The Hall–Kier alpha value is -1.52. The van der Waals surface area contributed by atoms with Crippen molar-refractivity contribution in [3.63, 3.8) is 0 Å². The van der Waals surface area contributed by atoms with Gasteiger partial charge in [-0.1, -0.05) is 0 Å². The van der Waals surface area contributed by atoms with Gasteiger partial charge in [0.25, 0.3) is 0 Å². The van der Waals surface area contributed by atoms with Crippen molar-refractivity contribution in [2.75, 3.05) is 0 Å². The summed E-state index contributed by atoms with van der Waals surface area (Å²) in [5.41, 5.74) is 0.602. The first-order valence-corrected chi connectivity index (χ1v) is 2.45. The Morgan fingerprint density at radius 2 is 2.44 bits per heavy atom. The Bertz CT molecular complexity index is 283. The van der Waals surface area contributed by atoms with E-state index in [-0.39, 0.29) is 0 Å². The van der Waals surface area contributed by atoms with Crippen molar-refractivity contribution in [2.24, 2.45) is 0 Å². The summed E-state index contributed by atoms with van der Waals surface area (Å²) in [5.74, 6) is 0. The second kappa shape index (κ2) is 1.48. The molecule has 0 aromatic carbocycles. The molecule has 0 saturated heterocycles. The minimum absolute atomic E-state index is 0.602. The van der Waals surface area contributed by atoms with Gasteiger partial charge in [-0.25, -0.2) is 0 Å². The fraction of sp³-hybridized carbons (Fsp3) is 0. The Kier molecular flexibility index (Phi) is 0.717. The molecule has 0 atom stereocenters. The number of nitrogens with zero attached hydrogens (tertiary/aromatic N) is 4. The van der Waals surface area contributed by atoms with Crippen LogP contribution in [0, 0.1) is 0 Å². The SMILES string of the molecule is c1nnnc2n[nH]cc12. The molecule has 0 amide bonds. The average molecular weight is 121 g/mol. The molecule has 9 heavy (non-hydrogen) atoms. The molecule has 2 aromatic heterocycles. The maximum Gasteiger partial charge on any atom is 0.206 e. The van der Waals surface area contributed by atoms with Gasteiger partial charge in [-0.3, -0.25) is 5.10 Å². The molecule has 0 saturated carbocycles. The van der Waals surface area contributed by atoms with Crippen molar-refractivity contribution < 1.29 is 0 Å². The van der Waals surface area contributed by atoms with Crippen molar-refractivity contribution >= 4 is 11.0 Å². The summed E-state index contributed by atoms with van der Waals surface area (Å²) < 4.78 is 0. The van der Waals surface area contributed by atoms with Gasteiger partial charge >= 0.3 is 0 Å². The van der Waals surface area contributed by atoms with Crippen molar-refractivity contribution in [3.8, 4) is 0 Å². The Balaban J connectivity index is 2.95. The number of fused-ring (bicyclic) bond motifs is 1. The molecule has 0 spiro atoms. The van der Waals surface area contributed by atoms with Gasteiger partial charge in [0.1, 0.15) is 0 Å². The lowest BCUT2D eigenvalue weighted by Gasteiger charge is -1.77. The zero-order chi connectivity index (χ0) is 6.10. The first kappa shape index (κ1) is 4.37. The third-order valence-corrected chi connectivity index (χ3v) is 1.04. The van der Waals surface area contributed by atoms with E-state index >= 15 is 0 Å². The van der Waals surface area contributed by atoms with Gasteiger partial charge in [0, 0.05) is 6.20 Å². The lowest BCUT2D eigenvalue weighted by atomic mass is 10.5. The molecule has 5 heteroatoms. The quantitative estimate of drug-likeness (QED) is 0.521. The molecule has 2 heterocycles. The second-order valence-electron chi connectivity index (χ2n) is 1.60. The number of rotatable bonds is 0. The third kappa shape index (κ3) is 0.543. The molecule has 0 unspecified atom stereocenters. The molecule has 5 nitrogen and oxygen atoms in total. The van der Waals surface area contributed by atoms with Crippen molar-refractivity contribution in [3.05, 3.63) is 12.4 Å². The summed E-state index contributed by atoms with van der Waals surface area (Å²) in [7, 11) is 0. The Labute approximate surface area is 50.1 Å². The van der Waals surface area contributed by atoms with Crippen molar-refractivity contribution in [2.45, 2.75) is 0 Å². The zero-order valence-electron chi connectivity index (χ0n) is 4.44. The lowest BCUT2D eigenvalue weighted by Crippen LogP contribution is -1.84. The van der Waals surface area contributed by atoms with Gasteiger partial charge in [0.05, 0.1) is 11.6 Å². The number of hydrogen-bond acceptors (Lipinski definition) is 4. The smallest absolute Gasteiger partial charge is 0.206 e. The summed E-state index contributed by atoms with van der Waals surface area (Å²) in [6.07, 6.45) is 3.32. The number of aromatic nitrogens is 5. The molecule has 2 rings (SSSR count). The van der Waals surface area contributed by atoms with Crippen LogP contribution in [0.25, 0.3) is 11.0 Å². The van der Waals surface area contributed by atoms with Crippen LogP contribution in [0.4, 0.5) is 0 Å². The van der Waals surface area contributed by atoms with Gasteiger partial charge in [-0.05, 0) is 5.21 Å². The molecule has 1 N–H and O–H groups in total.